The topological polar surface area (TPSA) is 59.1 Å². The number of hydrogen-bond acceptors (Lipinski definition) is 4. The van der Waals surface area contributed by atoms with Gasteiger partial charge >= 0.3 is 0 Å². The molecule has 1 rings (SSSR count). The summed E-state index contributed by atoms with van der Waals surface area (Å²) in [6, 6.07) is 3.41. The Morgan fingerprint density at radius 1 is 1.44 bits per heavy atom. The Bertz CT molecular complexity index is 454. The van der Waals surface area contributed by atoms with Gasteiger partial charge in [-0.25, -0.2) is 13.4 Å². The molecule has 1 N–H and O–H groups in total. The summed E-state index contributed by atoms with van der Waals surface area (Å²) in [4.78, 5) is 4.03. The van der Waals surface area contributed by atoms with E-state index < -0.39 is 14.6 Å². The lowest BCUT2D eigenvalue weighted by Gasteiger charge is -2.22. The average Bonchev–Trinajstić information content (AvgIpc) is 2.15. The standard InChI is InChI=1S/C10H15ClN2O2S/c1-10(2,16(3,14)15)7-13-9-5-4-8(11)6-12-9/h4-6H,7H2,1-3H3,(H,12,13). The Kier molecular flexibility index (Phi) is 3.80. The molecule has 4 nitrogen and oxygen atoms in total. The van der Waals surface area contributed by atoms with Crippen LogP contribution in [0.1, 0.15) is 13.8 Å². The highest BCUT2D eigenvalue weighted by Crippen LogP contribution is 2.16. The normalized spacial score (nSPS) is 12.5. The van der Waals surface area contributed by atoms with Crippen molar-refractivity contribution in [3.63, 3.8) is 0 Å². The van der Waals surface area contributed by atoms with Crippen LogP contribution in [0.25, 0.3) is 0 Å². The number of aromatic nitrogens is 1. The Labute approximate surface area is 101 Å². The Hall–Kier alpha value is -0.810. The number of sulfone groups is 1. The van der Waals surface area contributed by atoms with Gasteiger partial charge in [-0.3, -0.25) is 0 Å². The van der Waals surface area contributed by atoms with E-state index in [1.807, 2.05) is 0 Å². The highest BCUT2D eigenvalue weighted by molar-refractivity contribution is 7.92. The first-order valence-corrected chi connectivity index (χ1v) is 7.04. The van der Waals surface area contributed by atoms with Gasteiger partial charge in [-0.1, -0.05) is 11.6 Å². The van der Waals surface area contributed by atoms with Crippen LogP contribution < -0.4 is 5.32 Å². The summed E-state index contributed by atoms with van der Waals surface area (Å²) in [6.45, 7) is 3.65. The van der Waals surface area contributed by atoms with E-state index in [0.29, 0.717) is 17.4 Å². The monoisotopic (exact) mass is 262 g/mol. The molecule has 16 heavy (non-hydrogen) atoms. The average molecular weight is 263 g/mol. The predicted molar refractivity (Wildman–Crippen MR) is 66.7 cm³/mol. The van der Waals surface area contributed by atoms with E-state index in [2.05, 4.69) is 10.3 Å². The summed E-state index contributed by atoms with van der Waals surface area (Å²) in [5, 5.41) is 3.52. The molecule has 1 heterocycles. The maximum absolute atomic E-state index is 11.4. The molecule has 0 aliphatic carbocycles. The predicted octanol–water partition coefficient (Wildman–Crippen LogP) is 1.97. The fourth-order valence-electron chi connectivity index (χ4n) is 0.915. The maximum Gasteiger partial charge on any atom is 0.154 e. The van der Waals surface area contributed by atoms with Crippen molar-refractivity contribution in [2.45, 2.75) is 18.6 Å². The third kappa shape index (κ3) is 3.35. The molecular formula is C10H15ClN2O2S. The molecule has 0 aromatic carbocycles. The summed E-state index contributed by atoms with van der Waals surface area (Å²) in [5.74, 6) is 0.612. The Balaban J connectivity index is 2.68. The van der Waals surface area contributed by atoms with E-state index >= 15 is 0 Å². The van der Waals surface area contributed by atoms with E-state index in [1.54, 1.807) is 26.0 Å². The molecule has 1 aromatic rings. The third-order valence-corrected chi connectivity index (χ3v) is 4.80. The van der Waals surface area contributed by atoms with Crippen LogP contribution in [0, 0.1) is 0 Å². The number of pyridine rings is 1. The van der Waals surface area contributed by atoms with Gasteiger partial charge in [0, 0.05) is 19.0 Å². The first kappa shape index (κ1) is 13.3. The minimum atomic E-state index is -3.10. The van der Waals surface area contributed by atoms with Crippen molar-refractivity contribution < 1.29 is 8.42 Å². The van der Waals surface area contributed by atoms with Gasteiger partial charge in [0.15, 0.2) is 9.84 Å². The maximum atomic E-state index is 11.4. The second-order valence-electron chi connectivity index (χ2n) is 4.25. The van der Waals surface area contributed by atoms with Gasteiger partial charge in [-0.05, 0) is 26.0 Å². The number of anilines is 1. The SMILES string of the molecule is CC(C)(CNc1ccc(Cl)cn1)S(C)(=O)=O. The molecule has 0 atom stereocenters. The first-order valence-electron chi connectivity index (χ1n) is 4.77. The molecule has 0 spiro atoms. The van der Waals surface area contributed by atoms with E-state index in [4.69, 9.17) is 11.6 Å². The van der Waals surface area contributed by atoms with Crippen LogP contribution in [0.3, 0.4) is 0 Å². The minimum Gasteiger partial charge on any atom is -0.369 e. The smallest absolute Gasteiger partial charge is 0.154 e. The highest BCUT2D eigenvalue weighted by Gasteiger charge is 2.29. The number of nitrogens with zero attached hydrogens (tertiary/aromatic N) is 1. The number of rotatable bonds is 4. The van der Waals surface area contributed by atoms with Gasteiger partial charge in [-0.15, -0.1) is 0 Å². The van der Waals surface area contributed by atoms with Crippen LogP contribution in [0.5, 0.6) is 0 Å². The molecule has 0 aliphatic rings. The van der Waals surface area contributed by atoms with Crippen molar-refractivity contribution in [1.82, 2.24) is 4.98 Å². The second kappa shape index (κ2) is 4.59. The van der Waals surface area contributed by atoms with Gasteiger partial charge in [-0.2, -0.15) is 0 Å². The first-order chi connectivity index (χ1) is 7.22. The molecule has 0 amide bonds. The quantitative estimate of drug-likeness (QED) is 0.901. The lowest BCUT2D eigenvalue weighted by Crippen LogP contribution is -2.38. The van der Waals surface area contributed by atoms with Crippen molar-refractivity contribution in [2.24, 2.45) is 0 Å². The van der Waals surface area contributed by atoms with Gasteiger partial charge in [0.2, 0.25) is 0 Å². The zero-order chi connectivity index (χ0) is 12.4. The van der Waals surface area contributed by atoms with Crippen LogP contribution in [0.4, 0.5) is 5.82 Å². The molecule has 0 unspecified atom stereocenters. The number of nitrogens with one attached hydrogen (secondary N) is 1. The fraction of sp³-hybridized carbons (Fsp3) is 0.500. The third-order valence-electron chi connectivity index (χ3n) is 2.43. The summed E-state index contributed by atoms with van der Waals surface area (Å²) in [7, 11) is -3.10. The van der Waals surface area contributed by atoms with Crippen LogP contribution >= 0.6 is 11.6 Å². The Morgan fingerprint density at radius 2 is 2.06 bits per heavy atom. The second-order valence-corrected chi connectivity index (χ2v) is 7.33. The van der Waals surface area contributed by atoms with Gasteiger partial charge < -0.3 is 5.32 Å². The lowest BCUT2D eigenvalue weighted by molar-refractivity contribution is 0.559. The van der Waals surface area contributed by atoms with E-state index in [0.717, 1.165) is 0 Å². The van der Waals surface area contributed by atoms with E-state index in [-0.39, 0.29) is 0 Å². The van der Waals surface area contributed by atoms with Crippen LogP contribution in [-0.2, 0) is 9.84 Å². The largest absolute Gasteiger partial charge is 0.369 e. The minimum absolute atomic E-state index is 0.306. The molecule has 1 aromatic heterocycles. The molecule has 0 fully saturated rings. The van der Waals surface area contributed by atoms with Crippen LogP contribution in [-0.4, -0.2) is 30.9 Å². The van der Waals surface area contributed by atoms with E-state index in [9.17, 15) is 8.42 Å². The van der Waals surface area contributed by atoms with E-state index in [1.165, 1.54) is 12.5 Å². The van der Waals surface area contributed by atoms with Crippen LogP contribution in [0.15, 0.2) is 18.3 Å². The van der Waals surface area contributed by atoms with Crippen LogP contribution in [0.2, 0.25) is 5.02 Å². The zero-order valence-electron chi connectivity index (χ0n) is 9.49. The molecule has 90 valence electrons. The molecule has 0 radical (unpaired) electrons. The fourth-order valence-corrected chi connectivity index (χ4v) is 1.36. The van der Waals surface area contributed by atoms with Crippen molar-refractivity contribution in [1.29, 1.82) is 0 Å². The molecule has 0 saturated heterocycles. The summed E-state index contributed by atoms with van der Waals surface area (Å²) in [6.07, 6.45) is 2.74. The molecule has 6 heteroatoms. The Morgan fingerprint density at radius 3 is 2.50 bits per heavy atom. The zero-order valence-corrected chi connectivity index (χ0v) is 11.1. The van der Waals surface area contributed by atoms with Gasteiger partial charge in [0.05, 0.1) is 9.77 Å². The molecular weight excluding hydrogens is 248 g/mol. The number of halogens is 1. The van der Waals surface area contributed by atoms with Gasteiger partial charge in [0.25, 0.3) is 0 Å². The van der Waals surface area contributed by atoms with Crippen molar-refractivity contribution in [2.75, 3.05) is 18.1 Å². The summed E-state index contributed by atoms with van der Waals surface area (Å²) in [5.41, 5.74) is 0. The van der Waals surface area contributed by atoms with Gasteiger partial charge in [0.1, 0.15) is 5.82 Å². The van der Waals surface area contributed by atoms with Crippen molar-refractivity contribution in [3.8, 4) is 0 Å². The van der Waals surface area contributed by atoms with Crippen molar-refractivity contribution in [3.05, 3.63) is 23.4 Å². The highest BCUT2D eigenvalue weighted by atomic mass is 35.5. The lowest BCUT2D eigenvalue weighted by atomic mass is 10.2. The summed E-state index contributed by atoms with van der Waals surface area (Å²) >= 11 is 5.69. The summed E-state index contributed by atoms with van der Waals surface area (Å²) < 4.78 is 22.1. The molecule has 0 aliphatic heterocycles. The number of hydrogen-bond donors (Lipinski definition) is 1. The molecule has 0 bridgehead atoms. The van der Waals surface area contributed by atoms with Crippen molar-refractivity contribution >= 4 is 27.3 Å². The molecule has 0 saturated carbocycles.